The van der Waals surface area contributed by atoms with E-state index in [1.165, 1.54) is 12.1 Å². The molecule has 1 heterocycles. The predicted molar refractivity (Wildman–Crippen MR) is 74.6 cm³/mol. The highest BCUT2D eigenvalue weighted by molar-refractivity contribution is 7.89. The van der Waals surface area contributed by atoms with Crippen LogP contribution in [-0.2, 0) is 30.2 Å². The Balaban J connectivity index is 2.21. The number of nitrogens with one attached hydrogen (secondary N) is 1. The number of aryl methyl sites for hydroxylation is 1. The zero-order valence-corrected chi connectivity index (χ0v) is 12.3. The highest BCUT2D eigenvalue weighted by Crippen LogP contribution is 2.22. The van der Waals surface area contributed by atoms with E-state index < -0.39 is 10.0 Å². The second-order valence-electron chi connectivity index (χ2n) is 4.23. The van der Waals surface area contributed by atoms with Gasteiger partial charge in [-0.2, -0.15) is 5.10 Å². The van der Waals surface area contributed by atoms with E-state index in [2.05, 4.69) is 9.82 Å². The molecular weight excluding hydrogens is 302 g/mol. The van der Waals surface area contributed by atoms with Gasteiger partial charge in [0.15, 0.2) is 0 Å². The normalized spacial score (nSPS) is 11.8. The molecule has 1 aromatic heterocycles. The maximum absolute atomic E-state index is 12.2. The summed E-state index contributed by atoms with van der Waals surface area (Å²) in [5, 5.41) is 13.2. The molecule has 0 spiro atoms. The van der Waals surface area contributed by atoms with Crippen LogP contribution in [0.4, 0.5) is 0 Å². The Morgan fingerprint density at radius 2 is 2.15 bits per heavy atom. The number of benzene rings is 1. The monoisotopic (exact) mass is 315 g/mol. The Morgan fingerprint density at radius 1 is 1.40 bits per heavy atom. The average Bonchev–Trinajstić information content (AvgIpc) is 2.83. The second kappa shape index (κ2) is 5.92. The summed E-state index contributed by atoms with van der Waals surface area (Å²) in [6.45, 7) is -0.178. The zero-order valence-electron chi connectivity index (χ0n) is 10.7. The van der Waals surface area contributed by atoms with Gasteiger partial charge in [-0.3, -0.25) is 4.68 Å². The SMILES string of the molecule is Cn1ccc(CNS(=O)(=O)c2cc(CO)ccc2Cl)n1. The summed E-state index contributed by atoms with van der Waals surface area (Å²) in [7, 11) is -2.01. The first-order valence-corrected chi connectivity index (χ1v) is 7.66. The Hall–Kier alpha value is -1.41. The van der Waals surface area contributed by atoms with Crippen molar-refractivity contribution in [1.29, 1.82) is 0 Å². The van der Waals surface area contributed by atoms with E-state index in [0.29, 0.717) is 11.3 Å². The van der Waals surface area contributed by atoms with Crippen LogP contribution in [0.3, 0.4) is 0 Å². The molecule has 6 nitrogen and oxygen atoms in total. The van der Waals surface area contributed by atoms with Crippen molar-refractivity contribution in [1.82, 2.24) is 14.5 Å². The fourth-order valence-electron chi connectivity index (χ4n) is 1.66. The van der Waals surface area contributed by atoms with E-state index in [1.54, 1.807) is 30.1 Å². The number of aliphatic hydroxyl groups excluding tert-OH is 1. The largest absolute Gasteiger partial charge is 0.392 e. The van der Waals surface area contributed by atoms with Gasteiger partial charge in [-0.1, -0.05) is 17.7 Å². The molecule has 0 atom stereocenters. The molecule has 0 unspecified atom stereocenters. The lowest BCUT2D eigenvalue weighted by Crippen LogP contribution is -2.24. The first-order chi connectivity index (χ1) is 9.42. The molecule has 0 bridgehead atoms. The van der Waals surface area contributed by atoms with Crippen molar-refractivity contribution in [3.63, 3.8) is 0 Å². The lowest BCUT2D eigenvalue weighted by molar-refractivity contribution is 0.281. The highest BCUT2D eigenvalue weighted by Gasteiger charge is 2.18. The van der Waals surface area contributed by atoms with Crippen LogP contribution in [0.15, 0.2) is 35.4 Å². The summed E-state index contributed by atoms with van der Waals surface area (Å²) >= 11 is 5.90. The first kappa shape index (κ1) is 15.0. The highest BCUT2D eigenvalue weighted by atomic mass is 35.5. The molecule has 0 saturated heterocycles. The van der Waals surface area contributed by atoms with E-state index >= 15 is 0 Å². The van der Waals surface area contributed by atoms with Crippen LogP contribution in [0.5, 0.6) is 0 Å². The maximum atomic E-state index is 12.2. The minimum atomic E-state index is -3.75. The molecule has 0 radical (unpaired) electrons. The third kappa shape index (κ3) is 3.37. The fraction of sp³-hybridized carbons (Fsp3) is 0.250. The second-order valence-corrected chi connectivity index (χ2v) is 6.37. The minimum absolute atomic E-state index is 0.0540. The number of sulfonamides is 1. The summed E-state index contributed by atoms with van der Waals surface area (Å²) < 4.78 is 28.4. The van der Waals surface area contributed by atoms with Gasteiger partial charge >= 0.3 is 0 Å². The molecule has 0 fully saturated rings. The van der Waals surface area contributed by atoms with Crippen LogP contribution in [0, 0.1) is 0 Å². The Morgan fingerprint density at radius 3 is 2.75 bits per heavy atom. The lowest BCUT2D eigenvalue weighted by Gasteiger charge is -2.08. The number of rotatable bonds is 5. The van der Waals surface area contributed by atoms with E-state index in [1.807, 2.05) is 0 Å². The summed E-state index contributed by atoms with van der Waals surface area (Å²) in [5.74, 6) is 0. The molecule has 2 rings (SSSR count). The molecule has 0 aliphatic rings. The van der Waals surface area contributed by atoms with Gasteiger partial charge in [0.05, 0.1) is 23.9 Å². The molecule has 0 aliphatic heterocycles. The van der Waals surface area contributed by atoms with Crippen LogP contribution < -0.4 is 4.72 Å². The van der Waals surface area contributed by atoms with E-state index in [0.717, 1.165) is 0 Å². The number of aromatic nitrogens is 2. The van der Waals surface area contributed by atoms with E-state index in [9.17, 15) is 8.42 Å². The maximum Gasteiger partial charge on any atom is 0.242 e. The molecule has 0 amide bonds. The van der Waals surface area contributed by atoms with Crippen LogP contribution in [0.1, 0.15) is 11.3 Å². The van der Waals surface area contributed by atoms with Crippen LogP contribution in [0.2, 0.25) is 5.02 Å². The number of hydrogen-bond donors (Lipinski definition) is 2. The summed E-state index contributed by atoms with van der Waals surface area (Å²) in [6.07, 6.45) is 1.73. The molecule has 0 saturated carbocycles. The summed E-state index contributed by atoms with van der Waals surface area (Å²) in [6, 6.07) is 6.08. The Labute approximate surface area is 122 Å². The van der Waals surface area contributed by atoms with Crippen LogP contribution >= 0.6 is 11.6 Å². The number of halogens is 1. The molecule has 2 aromatic rings. The molecule has 8 heteroatoms. The third-order valence-electron chi connectivity index (χ3n) is 2.68. The third-order valence-corrected chi connectivity index (χ3v) is 4.56. The summed E-state index contributed by atoms with van der Waals surface area (Å²) in [5.41, 5.74) is 1.08. The number of nitrogens with zero attached hydrogens (tertiary/aromatic N) is 2. The van der Waals surface area contributed by atoms with Gasteiger partial charge in [0.1, 0.15) is 4.90 Å². The molecule has 1 aromatic carbocycles. The van der Waals surface area contributed by atoms with Crippen LogP contribution in [-0.4, -0.2) is 23.3 Å². The van der Waals surface area contributed by atoms with Gasteiger partial charge in [-0.25, -0.2) is 13.1 Å². The van der Waals surface area contributed by atoms with Crippen molar-refractivity contribution < 1.29 is 13.5 Å². The van der Waals surface area contributed by atoms with Crippen molar-refractivity contribution in [2.24, 2.45) is 7.05 Å². The van der Waals surface area contributed by atoms with Crippen molar-refractivity contribution >= 4 is 21.6 Å². The van der Waals surface area contributed by atoms with Gasteiger partial charge in [0.25, 0.3) is 0 Å². The molecular formula is C12H14ClN3O3S. The topological polar surface area (TPSA) is 84.2 Å². The smallest absolute Gasteiger partial charge is 0.242 e. The molecule has 2 N–H and O–H groups in total. The number of hydrogen-bond acceptors (Lipinski definition) is 4. The van der Waals surface area contributed by atoms with Gasteiger partial charge in [0, 0.05) is 13.2 Å². The van der Waals surface area contributed by atoms with E-state index in [4.69, 9.17) is 16.7 Å². The predicted octanol–water partition coefficient (Wildman–Crippen LogP) is 1.04. The molecule has 20 heavy (non-hydrogen) atoms. The standard InChI is InChI=1S/C12H14ClN3O3S/c1-16-5-4-10(15-16)7-14-20(18,19)12-6-9(8-17)2-3-11(12)13/h2-6,14,17H,7-8H2,1H3. The van der Waals surface area contributed by atoms with Crippen molar-refractivity contribution in [2.75, 3.05) is 0 Å². The van der Waals surface area contributed by atoms with Gasteiger partial charge in [-0.05, 0) is 23.8 Å². The minimum Gasteiger partial charge on any atom is -0.392 e. The summed E-state index contributed by atoms with van der Waals surface area (Å²) in [4.78, 5) is -0.0540. The number of aliphatic hydroxyl groups is 1. The Bertz CT molecular complexity index is 712. The van der Waals surface area contributed by atoms with Crippen molar-refractivity contribution in [3.05, 3.63) is 46.7 Å². The van der Waals surface area contributed by atoms with Crippen molar-refractivity contribution in [3.8, 4) is 0 Å². The first-order valence-electron chi connectivity index (χ1n) is 5.80. The van der Waals surface area contributed by atoms with Crippen LogP contribution in [0.25, 0.3) is 0 Å². The van der Waals surface area contributed by atoms with Gasteiger partial charge in [0.2, 0.25) is 10.0 Å². The Kier molecular flexibility index (Phi) is 4.44. The van der Waals surface area contributed by atoms with Gasteiger partial charge < -0.3 is 5.11 Å². The molecule has 0 aliphatic carbocycles. The van der Waals surface area contributed by atoms with Crippen molar-refractivity contribution in [2.45, 2.75) is 18.0 Å². The molecule has 108 valence electrons. The zero-order chi connectivity index (χ0) is 14.8. The fourth-order valence-corrected chi connectivity index (χ4v) is 3.20. The lowest BCUT2D eigenvalue weighted by atomic mass is 10.2. The quantitative estimate of drug-likeness (QED) is 0.863. The average molecular weight is 316 g/mol. The van der Waals surface area contributed by atoms with E-state index in [-0.39, 0.29) is 23.1 Å². The van der Waals surface area contributed by atoms with Gasteiger partial charge in [-0.15, -0.1) is 0 Å².